The van der Waals surface area contributed by atoms with E-state index in [1.165, 1.54) is 0 Å². The van der Waals surface area contributed by atoms with E-state index in [2.05, 4.69) is 20.8 Å². The maximum atomic E-state index is 12.6. The van der Waals surface area contributed by atoms with Crippen molar-refractivity contribution >= 4 is 27.3 Å². The molecule has 1 unspecified atom stereocenters. The van der Waals surface area contributed by atoms with Crippen LogP contribution in [0.2, 0.25) is 0 Å². The van der Waals surface area contributed by atoms with Crippen LogP contribution in [0, 0.1) is 18.3 Å². The maximum absolute atomic E-state index is 12.6. The number of amides is 1. The Hall–Kier alpha value is -0.920. The van der Waals surface area contributed by atoms with Crippen molar-refractivity contribution < 1.29 is 13.2 Å². The first-order valence-electron chi connectivity index (χ1n) is 6.92. The molecule has 1 aliphatic rings. The van der Waals surface area contributed by atoms with E-state index in [1.54, 1.807) is 12.3 Å². The van der Waals surface area contributed by atoms with Gasteiger partial charge >= 0.3 is 0 Å². The van der Waals surface area contributed by atoms with Crippen molar-refractivity contribution in [3.8, 4) is 0 Å². The number of primary sulfonamides is 1. The van der Waals surface area contributed by atoms with Gasteiger partial charge in [-0.05, 0) is 30.2 Å². The van der Waals surface area contributed by atoms with Crippen LogP contribution in [0.1, 0.15) is 43.1 Å². The lowest BCUT2D eigenvalue weighted by Crippen LogP contribution is -2.31. The number of hydrogen-bond donors (Lipinski definition) is 1. The van der Waals surface area contributed by atoms with Crippen molar-refractivity contribution in [1.29, 1.82) is 0 Å². The third-order valence-electron chi connectivity index (χ3n) is 4.18. The summed E-state index contributed by atoms with van der Waals surface area (Å²) in [7, 11) is -3.76. The molecule has 1 fully saturated rings. The molecule has 118 valence electrons. The number of nitrogens with zero attached hydrogens (tertiary/aromatic N) is 1. The molecule has 0 spiro atoms. The largest absolute Gasteiger partial charge is 0.338 e. The fourth-order valence-corrected chi connectivity index (χ4v) is 4.72. The van der Waals surface area contributed by atoms with Crippen LogP contribution in [0.15, 0.2) is 9.59 Å². The number of carbonyl (C=O) groups excluding carboxylic acids is 1. The van der Waals surface area contributed by atoms with Gasteiger partial charge in [-0.2, -0.15) is 0 Å². The second-order valence-corrected chi connectivity index (χ2v) is 9.35. The van der Waals surface area contributed by atoms with Gasteiger partial charge in [0.2, 0.25) is 10.0 Å². The molecule has 2 rings (SSSR count). The van der Waals surface area contributed by atoms with Gasteiger partial charge < -0.3 is 4.90 Å². The molecule has 0 saturated carbocycles. The highest BCUT2D eigenvalue weighted by Crippen LogP contribution is 2.35. The molecule has 7 heteroatoms. The monoisotopic (exact) mass is 330 g/mol. The quantitative estimate of drug-likeness (QED) is 0.903. The minimum atomic E-state index is -3.76. The Bertz CT molecular complexity index is 656. The van der Waals surface area contributed by atoms with Crippen LogP contribution in [0.4, 0.5) is 0 Å². The first kappa shape index (κ1) is 16.5. The minimum absolute atomic E-state index is 0.0809. The van der Waals surface area contributed by atoms with E-state index in [-0.39, 0.29) is 15.5 Å². The van der Waals surface area contributed by atoms with E-state index in [1.807, 2.05) is 4.90 Å². The van der Waals surface area contributed by atoms with E-state index >= 15 is 0 Å². The normalized spacial score (nSPS) is 20.0. The summed E-state index contributed by atoms with van der Waals surface area (Å²) in [6.45, 7) is 9.63. The number of nitrogens with two attached hydrogens (primary N) is 1. The second-order valence-electron chi connectivity index (χ2n) is 6.71. The molecule has 1 aliphatic heterocycles. The highest BCUT2D eigenvalue weighted by molar-refractivity contribution is 7.91. The molecule has 1 saturated heterocycles. The number of sulfonamides is 1. The summed E-state index contributed by atoms with van der Waals surface area (Å²) in [5.41, 5.74) is 1.09. The topological polar surface area (TPSA) is 80.5 Å². The van der Waals surface area contributed by atoms with Crippen LogP contribution >= 0.6 is 11.3 Å². The first-order chi connectivity index (χ1) is 9.51. The van der Waals surface area contributed by atoms with Gasteiger partial charge in [-0.25, -0.2) is 13.6 Å². The predicted molar refractivity (Wildman–Crippen MR) is 83.9 cm³/mol. The zero-order valence-electron chi connectivity index (χ0n) is 12.8. The van der Waals surface area contributed by atoms with Crippen LogP contribution in [-0.4, -0.2) is 32.3 Å². The fourth-order valence-electron chi connectivity index (χ4n) is 2.71. The van der Waals surface area contributed by atoms with Gasteiger partial charge in [0, 0.05) is 18.5 Å². The van der Waals surface area contributed by atoms with Crippen molar-refractivity contribution in [3.05, 3.63) is 16.5 Å². The third kappa shape index (κ3) is 3.30. The van der Waals surface area contributed by atoms with Crippen molar-refractivity contribution in [2.45, 2.75) is 38.3 Å². The Morgan fingerprint density at radius 3 is 2.48 bits per heavy atom. The molecule has 21 heavy (non-hydrogen) atoms. The van der Waals surface area contributed by atoms with Crippen molar-refractivity contribution in [2.24, 2.45) is 16.5 Å². The Kier molecular flexibility index (Phi) is 4.21. The summed E-state index contributed by atoms with van der Waals surface area (Å²) in [6.07, 6.45) is 0.987. The summed E-state index contributed by atoms with van der Waals surface area (Å²) in [5.74, 6) is 0.378. The van der Waals surface area contributed by atoms with Crippen LogP contribution in [-0.2, 0) is 10.0 Å². The Morgan fingerprint density at radius 2 is 2.05 bits per heavy atom. The van der Waals surface area contributed by atoms with Gasteiger partial charge in [0.05, 0.1) is 5.56 Å². The van der Waals surface area contributed by atoms with E-state index < -0.39 is 10.0 Å². The zero-order chi connectivity index (χ0) is 16.0. The van der Waals surface area contributed by atoms with Gasteiger partial charge in [-0.1, -0.05) is 20.8 Å². The molecular weight excluding hydrogens is 308 g/mol. The molecule has 0 aliphatic carbocycles. The summed E-state index contributed by atoms with van der Waals surface area (Å²) in [4.78, 5) is 14.4. The number of carbonyl (C=O) groups is 1. The van der Waals surface area contributed by atoms with Crippen LogP contribution < -0.4 is 5.14 Å². The molecule has 0 bridgehead atoms. The molecule has 2 heterocycles. The van der Waals surface area contributed by atoms with Gasteiger partial charge in [0.25, 0.3) is 5.91 Å². The number of hydrogen-bond acceptors (Lipinski definition) is 4. The highest BCUT2D eigenvalue weighted by Gasteiger charge is 2.35. The van der Waals surface area contributed by atoms with Gasteiger partial charge in [-0.15, -0.1) is 11.3 Å². The molecular formula is C14H22N2O3S2. The van der Waals surface area contributed by atoms with Crippen molar-refractivity contribution in [3.63, 3.8) is 0 Å². The Balaban J connectivity index is 2.21. The molecule has 1 aromatic heterocycles. The smallest absolute Gasteiger partial charge is 0.255 e. The molecule has 0 radical (unpaired) electrons. The lowest BCUT2D eigenvalue weighted by Gasteiger charge is -2.27. The SMILES string of the molecule is Cc1c(C(=O)N2CCC(C(C)(C)C)C2)csc1S(N)(=O)=O. The Labute approximate surface area is 130 Å². The average molecular weight is 330 g/mol. The molecule has 0 aromatic carbocycles. The van der Waals surface area contributed by atoms with Gasteiger partial charge in [-0.3, -0.25) is 4.79 Å². The summed E-state index contributed by atoms with van der Waals surface area (Å²) >= 11 is 1.02. The summed E-state index contributed by atoms with van der Waals surface area (Å²) in [5, 5.41) is 6.76. The summed E-state index contributed by atoms with van der Waals surface area (Å²) in [6, 6.07) is 0. The first-order valence-corrected chi connectivity index (χ1v) is 9.34. The highest BCUT2D eigenvalue weighted by atomic mass is 32.2. The van der Waals surface area contributed by atoms with E-state index in [9.17, 15) is 13.2 Å². The third-order valence-corrected chi connectivity index (χ3v) is 6.87. The molecule has 1 amide bonds. The predicted octanol–water partition coefficient (Wildman–Crippen LogP) is 2.21. The zero-order valence-corrected chi connectivity index (χ0v) is 14.5. The van der Waals surface area contributed by atoms with Crippen LogP contribution in [0.5, 0.6) is 0 Å². The molecule has 1 atom stereocenters. The lowest BCUT2D eigenvalue weighted by atomic mass is 9.80. The number of likely N-dealkylation sites (tertiary alicyclic amines) is 1. The van der Waals surface area contributed by atoms with E-state index in [0.29, 0.717) is 17.0 Å². The van der Waals surface area contributed by atoms with E-state index in [0.717, 1.165) is 30.8 Å². The average Bonchev–Trinajstić information content (AvgIpc) is 2.92. The molecule has 1 aromatic rings. The summed E-state index contributed by atoms with van der Waals surface area (Å²) < 4.78 is 23.0. The maximum Gasteiger partial charge on any atom is 0.255 e. The van der Waals surface area contributed by atoms with Gasteiger partial charge in [0.1, 0.15) is 4.21 Å². The standard InChI is InChI=1S/C14H22N2O3S2/c1-9-11(8-20-13(9)21(15,18)19)12(17)16-6-5-10(7-16)14(2,3)4/h8,10H,5-7H2,1-4H3,(H2,15,18,19). The minimum Gasteiger partial charge on any atom is -0.338 e. The molecule has 2 N–H and O–H groups in total. The lowest BCUT2D eigenvalue weighted by molar-refractivity contribution is 0.0776. The fraction of sp³-hybridized carbons (Fsp3) is 0.643. The Morgan fingerprint density at radius 1 is 1.43 bits per heavy atom. The van der Waals surface area contributed by atoms with Crippen molar-refractivity contribution in [1.82, 2.24) is 4.90 Å². The van der Waals surface area contributed by atoms with E-state index in [4.69, 9.17) is 5.14 Å². The number of rotatable bonds is 2. The van der Waals surface area contributed by atoms with Crippen LogP contribution in [0.3, 0.4) is 0 Å². The van der Waals surface area contributed by atoms with Crippen LogP contribution in [0.25, 0.3) is 0 Å². The van der Waals surface area contributed by atoms with Gasteiger partial charge in [0.15, 0.2) is 0 Å². The number of thiophene rings is 1. The second kappa shape index (κ2) is 5.37. The van der Waals surface area contributed by atoms with Crippen molar-refractivity contribution in [2.75, 3.05) is 13.1 Å². The molecule has 5 nitrogen and oxygen atoms in total.